The molecule has 0 amide bonds. The number of hydrogen-bond acceptors (Lipinski definition) is 4. The van der Waals surface area contributed by atoms with Crippen molar-refractivity contribution in [1.82, 2.24) is 0 Å². The van der Waals surface area contributed by atoms with Gasteiger partial charge in [0.1, 0.15) is 5.75 Å². The Morgan fingerprint density at radius 3 is 2.45 bits per heavy atom. The number of phenolic OH excluding ortho intramolecular Hbond substituents is 1. The van der Waals surface area contributed by atoms with Crippen LogP contribution in [0.25, 0.3) is 0 Å². The molecule has 0 aliphatic rings. The molecular weight excluding hydrogens is 307 g/mol. The largest absolute Gasteiger partial charge is 1.00 e. The van der Waals surface area contributed by atoms with E-state index in [1.54, 1.807) is 11.8 Å². The Hall–Kier alpha value is -0.160. The number of aryl methyl sites for hydroxylation is 2. The first-order valence-electron chi connectivity index (χ1n) is 7.32. The first kappa shape index (κ1) is 21.8. The molecule has 0 spiro atoms. The van der Waals surface area contributed by atoms with Crippen LogP contribution in [0.15, 0.2) is 12.1 Å². The van der Waals surface area contributed by atoms with Crippen LogP contribution in [0.4, 0.5) is 0 Å². The van der Waals surface area contributed by atoms with Crippen LogP contribution in [0.3, 0.4) is 0 Å². The van der Waals surface area contributed by atoms with E-state index < -0.39 is 5.97 Å². The van der Waals surface area contributed by atoms with Crippen LogP contribution in [0.1, 0.15) is 50.3 Å². The van der Waals surface area contributed by atoms with E-state index in [1.165, 1.54) is 0 Å². The van der Waals surface area contributed by atoms with Crippen LogP contribution < -0.4 is 34.7 Å². The summed E-state index contributed by atoms with van der Waals surface area (Å²) in [5.41, 5.74) is 3.06. The van der Waals surface area contributed by atoms with Crippen LogP contribution in [0.2, 0.25) is 0 Å². The molecule has 0 fully saturated rings. The third kappa shape index (κ3) is 7.40. The fourth-order valence-corrected chi connectivity index (χ4v) is 3.10. The van der Waals surface area contributed by atoms with Gasteiger partial charge in [-0.25, -0.2) is 0 Å². The second-order valence-electron chi connectivity index (χ2n) is 6.41. The molecule has 5 heteroatoms. The molecule has 0 atom stereocenters. The molecular formula is C17H25NaO3S. The summed E-state index contributed by atoms with van der Waals surface area (Å²) in [6.07, 6.45) is 1.85. The van der Waals surface area contributed by atoms with Crippen molar-refractivity contribution in [2.45, 2.75) is 52.4 Å². The van der Waals surface area contributed by atoms with Gasteiger partial charge in [-0.3, -0.25) is 0 Å². The molecule has 0 bridgehead atoms. The van der Waals surface area contributed by atoms with Gasteiger partial charge in [0.05, 0.1) is 0 Å². The van der Waals surface area contributed by atoms with E-state index in [9.17, 15) is 15.0 Å². The van der Waals surface area contributed by atoms with Crippen LogP contribution in [-0.4, -0.2) is 22.6 Å². The zero-order valence-corrected chi connectivity index (χ0v) is 17.2. The van der Waals surface area contributed by atoms with Gasteiger partial charge in [-0.1, -0.05) is 38.5 Å². The van der Waals surface area contributed by atoms with Crippen LogP contribution in [-0.2, 0) is 16.6 Å². The Bertz CT molecular complexity index is 495. The minimum atomic E-state index is -0.992. The maximum atomic E-state index is 10.4. The van der Waals surface area contributed by atoms with Gasteiger partial charge in [0.25, 0.3) is 0 Å². The zero-order chi connectivity index (χ0) is 16.0. The minimum absolute atomic E-state index is 0. The normalized spacial score (nSPS) is 11.1. The van der Waals surface area contributed by atoms with Crippen molar-refractivity contribution < 1.29 is 44.6 Å². The summed E-state index contributed by atoms with van der Waals surface area (Å²) >= 11 is 1.62. The van der Waals surface area contributed by atoms with E-state index in [0.29, 0.717) is 11.5 Å². The molecule has 22 heavy (non-hydrogen) atoms. The average molecular weight is 332 g/mol. The van der Waals surface area contributed by atoms with Gasteiger partial charge in [0.15, 0.2) is 0 Å². The van der Waals surface area contributed by atoms with E-state index in [4.69, 9.17) is 0 Å². The van der Waals surface area contributed by atoms with Crippen LogP contribution >= 0.6 is 11.8 Å². The fraction of sp³-hybridized carbons (Fsp3) is 0.588. The van der Waals surface area contributed by atoms with Gasteiger partial charge in [-0.2, -0.15) is 11.8 Å². The summed E-state index contributed by atoms with van der Waals surface area (Å²) in [5, 5.41) is 20.7. The predicted molar refractivity (Wildman–Crippen MR) is 86.8 cm³/mol. The number of hydrogen-bond donors (Lipinski definition) is 1. The molecule has 118 valence electrons. The molecule has 0 aliphatic heterocycles. The van der Waals surface area contributed by atoms with Crippen LogP contribution in [0, 0.1) is 6.92 Å². The Balaban J connectivity index is 0.00000441. The maximum Gasteiger partial charge on any atom is 1.00 e. The number of carboxylic acid groups (broad SMARTS) is 1. The number of aliphatic carboxylic acids is 1. The third-order valence-corrected chi connectivity index (χ3v) is 4.40. The number of carboxylic acids is 1. The second-order valence-corrected chi connectivity index (χ2v) is 7.63. The molecule has 1 N–H and O–H groups in total. The first-order chi connectivity index (χ1) is 9.71. The number of carbonyl (C=O) groups excluding carboxylic acids is 1. The number of carbonyl (C=O) groups is 1. The number of phenols is 1. The summed E-state index contributed by atoms with van der Waals surface area (Å²) in [5.74, 6) is 0.905. The minimum Gasteiger partial charge on any atom is -0.550 e. The van der Waals surface area contributed by atoms with Crippen molar-refractivity contribution >= 4 is 17.7 Å². The van der Waals surface area contributed by atoms with E-state index in [-0.39, 0.29) is 41.4 Å². The molecule has 0 saturated heterocycles. The summed E-state index contributed by atoms with van der Waals surface area (Å²) in [6.45, 7) is 8.34. The van der Waals surface area contributed by atoms with Gasteiger partial charge < -0.3 is 15.0 Å². The Labute approximate surface area is 160 Å². The van der Waals surface area contributed by atoms with Gasteiger partial charge in [0.2, 0.25) is 0 Å². The molecule has 1 rings (SSSR count). The van der Waals surface area contributed by atoms with Gasteiger partial charge >= 0.3 is 29.6 Å². The smallest absolute Gasteiger partial charge is 0.550 e. The third-order valence-electron chi connectivity index (χ3n) is 3.33. The molecule has 0 unspecified atom stereocenters. The fourth-order valence-electron chi connectivity index (χ4n) is 2.24. The molecule has 3 nitrogen and oxygen atoms in total. The van der Waals surface area contributed by atoms with Crippen molar-refractivity contribution in [3.63, 3.8) is 0 Å². The summed E-state index contributed by atoms with van der Waals surface area (Å²) in [4.78, 5) is 10.3. The van der Waals surface area contributed by atoms with Crippen molar-refractivity contribution in [3.8, 4) is 5.75 Å². The summed E-state index contributed by atoms with van der Waals surface area (Å²) in [7, 11) is 0. The topological polar surface area (TPSA) is 60.4 Å². The van der Waals surface area contributed by atoms with E-state index in [2.05, 4.69) is 20.8 Å². The monoisotopic (exact) mass is 332 g/mol. The predicted octanol–water partition coefficient (Wildman–Crippen LogP) is -0.192. The summed E-state index contributed by atoms with van der Waals surface area (Å²) in [6, 6.07) is 4.09. The van der Waals surface area contributed by atoms with Gasteiger partial charge in [-0.15, -0.1) is 0 Å². The molecule has 1 aromatic carbocycles. The van der Waals surface area contributed by atoms with E-state index in [1.807, 2.05) is 19.1 Å². The number of thioether (sulfide) groups is 1. The van der Waals surface area contributed by atoms with Gasteiger partial charge in [0, 0.05) is 5.97 Å². The number of rotatable bonds is 7. The molecule has 0 aromatic heterocycles. The Morgan fingerprint density at radius 2 is 1.91 bits per heavy atom. The van der Waals surface area contributed by atoms with Crippen molar-refractivity contribution in [1.29, 1.82) is 0 Å². The summed E-state index contributed by atoms with van der Waals surface area (Å²) < 4.78 is 0. The standard InChI is InChI=1S/C17H26O3S.Na/c1-12-10-13(6-5-8-21-9-7-15(18)19)16(20)14(11-12)17(2,3)4;/h10-11,20H,5-9H2,1-4H3,(H,18,19);/q;+1/p-1. The zero-order valence-electron chi connectivity index (χ0n) is 14.4. The second kappa shape index (κ2) is 9.86. The Kier molecular flexibility index (Phi) is 9.79. The van der Waals surface area contributed by atoms with Crippen molar-refractivity contribution in [2.24, 2.45) is 0 Å². The molecule has 1 aromatic rings. The quantitative estimate of drug-likeness (QED) is 0.555. The van der Waals surface area contributed by atoms with E-state index in [0.717, 1.165) is 35.3 Å². The molecule has 0 heterocycles. The number of aromatic hydroxyl groups is 1. The molecule has 0 aliphatic carbocycles. The molecule has 0 saturated carbocycles. The van der Waals surface area contributed by atoms with Crippen molar-refractivity contribution in [3.05, 3.63) is 28.8 Å². The Morgan fingerprint density at radius 1 is 1.27 bits per heavy atom. The van der Waals surface area contributed by atoms with E-state index >= 15 is 0 Å². The van der Waals surface area contributed by atoms with Gasteiger partial charge in [-0.05, 0) is 54.2 Å². The average Bonchev–Trinajstić information content (AvgIpc) is 2.35. The van der Waals surface area contributed by atoms with Crippen molar-refractivity contribution in [2.75, 3.05) is 11.5 Å². The molecule has 0 radical (unpaired) electrons. The first-order valence-corrected chi connectivity index (χ1v) is 8.48. The number of benzene rings is 1. The SMILES string of the molecule is Cc1cc(CCCSCCC(=O)[O-])c(O)c(C(C)(C)C)c1.[Na+]. The maximum absolute atomic E-state index is 10.4. The van der Waals surface area contributed by atoms with Crippen LogP contribution in [0.5, 0.6) is 5.75 Å².